The van der Waals surface area contributed by atoms with Gasteiger partial charge in [0, 0.05) is 17.1 Å². The van der Waals surface area contributed by atoms with E-state index in [-0.39, 0.29) is 16.0 Å². The van der Waals surface area contributed by atoms with Crippen molar-refractivity contribution in [2.24, 2.45) is 0 Å². The van der Waals surface area contributed by atoms with E-state index < -0.39 is 20.6 Å². The molecule has 6 nitrogen and oxygen atoms in total. The Morgan fingerprint density at radius 1 is 1.32 bits per heavy atom. The number of nitro benzene ring substituents is 1. The third kappa shape index (κ3) is 3.23. The van der Waals surface area contributed by atoms with E-state index in [9.17, 15) is 18.5 Å². The Hall–Kier alpha value is -1.18. The van der Waals surface area contributed by atoms with E-state index >= 15 is 0 Å². The quantitative estimate of drug-likeness (QED) is 0.683. The van der Waals surface area contributed by atoms with Crippen molar-refractivity contribution >= 4 is 27.3 Å². The second-order valence-electron chi connectivity index (χ2n) is 4.47. The number of nitro groups is 1. The first-order valence-electron chi connectivity index (χ1n) is 5.86. The third-order valence-corrected chi connectivity index (χ3v) is 4.89. The maximum Gasteiger partial charge on any atom is 0.290 e. The maximum absolute atomic E-state index is 12.2. The molecule has 1 aromatic rings. The van der Waals surface area contributed by atoms with E-state index in [1.807, 2.05) is 0 Å². The van der Waals surface area contributed by atoms with E-state index in [1.54, 1.807) is 0 Å². The highest BCUT2D eigenvalue weighted by Crippen LogP contribution is 2.28. The van der Waals surface area contributed by atoms with E-state index in [1.165, 1.54) is 6.07 Å². The fraction of sp³-hybridized carbons (Fsp3) is 0.455. The van der Waals surface area contributed by atoms with Gasteiger partial charge >= 0.3 is 0 Å². The van der Waals surface area contributed by atoms with Gasteiger partial charge in [0.25, 0.3) is 5.69 Å². The summed E-state index contributed by atoms with van der Waals surface area (Å²) in [5.74, 6) is 0. The molecule has 1 fully saturated rings. The summed E-state index contributed by atoms with van der Waals surface area (Å²) in [5.41, 5.74) is -0.502. The molecule has 0 atom stereocenters. The summed E-state index contributed by atoms with van der Waals surface area (Å²) in [6.45, 7) is 0. The Labute approximate surface area is 116 Å². The van der Waals surface area contributed by atoms with Crippen LogP contribution >= 0.6 is 11.6 Å². The molecule has 0 unspecified atom stereocenters. The van der Waals surface area contributed by atoms with Crippen LogP contribution in [0.4, 0.5) is 5.69 Å². The Morgan fingerprint density at radius 3 is 2.53 bits per heavy atom. The first-order chi connectivity index (χ1) is 8.90. The maximum atomic E-state index is 12.2. The standard InChI is InChI=1S/C11H13ClN2O4S/c12-8-5-6-11(10(7-8)14(15)16)19(17,18)13-9-3-1-2-4-9/h5-7,9,13H,1-4H2. The molecule has 1 saturated carbocycles. The lowest BCUT2D eigenvalue weighted by Gasteiger charge is -2.12. The van der Waals surface area contributed by atoms with Crippen molar-refractivity contribution in [2.75, 3.05) is 0 Å². The fourth-order valence-electron chi connectivity index (χ4n) is 2.19. The molecule has 1 aliphatic rings. The van der Waals surface area contributed by atoms with E-state index in [2.05, 4.69) is 4.72 Å². The zero-order valence-corrected chi connectivity index (χ0v) is 11.6. The summed E-state index contributed by atoms with van der Waals surface area (Å²) >= 11 is 5.66. The molecule has 2 rings (SSSR count). The van der Waals surface area contributed by atoms with Gasteiger partial charge in [0.1, 0.15) is 0 Å². The monoisotopic (exact) mass is 304 g/mol. The predicted molar refractivity (Wildman–Crippen MR) is 70.7 cm³/mol. The number of nitrogens with zero attached hydrogens (tertiary/aromatic N) is 1. The summed E-state index contributed by atoms with van der Waals surface area (Å²) in [4.78, 5) is 9.83. The van der Waals surface area contributed by atoms with Crippen molar-refractivity contribution in [3.8, 4) is 0 Å². The number of hydrogen-bond donors (Lipinski definition) is 1. The molecular weight excluding hydrogens is 292 g/mol. The van der Waals surface area contributed by atoms with Gasteiger partial charge < -0.3 is 0 Å². The van der Waals surface area contributed by atoms with Gasteiger partial charge in [-0.15, -0.1) is 0 Å². The van der Waals surface area contributed by atoms with Crippen molar-refractivity contribution in [2.45, 2.75) is 36.6 Å². The lowest BCUT2D eigenvalue weighted by Crippen LogP contribution is -2.33. The Kier molecular flexibility index (Phi) is 4.07. The number of nitrogens with one attached hydrogen (secondary N) is 1. The SMILES string of the molecule is O=[N+]([O-])c1cc(Cl)ccc1S(=O)(=O)NC1CCCC1. The Bertz CT molecular complexity index is 597. The van der Waals surface area contributed by atoms with Gasteiger partial charge in [-0.25, -0.2) is 13.1 Å². The zero-order chi connectivity index (χ0) is 14.0. The smallest absolute Gasteiger partial charge is 0.258 e. The lowest BCUT2D eigenvalue weighted by molar-refractivity contribution is -0.387. The molecule has 0 spiro atoms. The van der Waals surface area contributed by atoms with Gasteiger partial charge in [-0.1, -0.05) is 24.4 Å². The summed E-state index contributed by atoms with van der Waals surface area (Å²) in [7, 11) is -3.89. The highest BCUT2D eigenvalue weighted by molar-refractivity contribution is 7.89. The second-order valence-corrected chi connectivity index (χ2v) is 6.59. The molecule has 1 aromatic carbocycles. The number of hydrogen-bond acceptors (Lipinski definition) is 4. The third-order valence-electron chi connectivity index (χ3n) is 3.08. The van der Waals surface area contributed by atoms with Gasteiger partial charge in [-0.2, -0.15) is 0 Å². The minimum absolute atomic E-state index is 0.131. The molecule has 19 heavy (non-hydrogen) atoms. The van der Waals surface area contributed by atoms with Crippen molar-refractivity contribution in [1.82, 2.24) is 4.72 Å². The average Bonchev–Trinajstić information content (AvgIpc) is 2.80. The highest BCUT2D eigenvalue weighted by atomic mass is 35.5. The van der Waals surface area contributed by atoms with Crippen LogP contribution in [-0.2, 0) is 10.0 Å². The normalized spacial score (nSPS) is 16.7. The van der Waals surface area contributed by atoms with E-state index in [0.29, 0.717) is 0 Å². The zero-order valence-electron chi connectivity index (χ0n) is 10.0. The molecule has 0 saturated heterocycles. The van der Waals surface area contributed by atoms with Crippen molar-refractivity contribution in [3.05, 3.63) is 33.3 Å². The van der Waals surface area contributed by atoms with Crippen molar-refractivity contribution in [1.29, 1.82) is 0 Å². The number of rotatable bonds is 4. The predicted octanol–water partition coefficient (Wildman–Crippen LogP) is 2.47. The van der Waals surface area contributed by atoms with Crippen molar-refractivity contribution in [3.63, 3.8) is 0 Å². The van der Waals surface area contributed by atoms with Crippen LogP contribution in [-0.4, -0.2) is 19.4 Å². The molecule has 8 heteroatoms. The molecule has 0 aliphatic heterocycles. The largest absolute Gasteiger partial charge is 0.290 e. The molecule has 0 aromatic heterocycles. The second kappa shape index (κ2) is 5.44. The molecule has 0 heterocycles. The molecule has 0 bridgehead atoms. The first-order valence-corrected chi connectivity index (χ1v) is 7.72. The van der Waals surface area contributed by atoms with Crippen LogP contribution in [0.2, 0.25) is 5.02 Å². The minimum Gasteiger partial charge on any atom is -0.258 e. The first kappa shape index (κ1) is 14.2. The Balaban J connectivity index is 2.36. The van der Waals surface area contributed by atoms with E-state index in [4.69, 9.17) is 11.6 Å². The summed E-state index contributed by atoms with van der Waals surface area (Å²) < 4.78 is 26.8. The fourth-order valence-corrected chi connectivity index (χ4v) is 3.81. The molecule has 1 aliphatic carbocycles. The van der Waals surface area contributed by atoms with Gasteiger partial charge in [0.15, 0.2) is 4.90 Å². The molecule has 1 N–H and O–H groups in total. The van der Waals surface area contributed by atoms with Crippen LogP contribution in [0.25, 0.3) is 0 Å². The Morgan fingerprint density at radius 2 is 1.95 bits per heavy atom. The topological polar surface area (TPSA) is 89.3 Å². The van der Waals surface area contributed by atoms with Crippen LogP contribution in [0.1, 0.15) is 25.7 Å². The van der Waals surface area contributed by atoms with Gasteiger partial charge in [-0.05, 0) is 25.0 Å². The summed E-state index contributed by atoms with van der Waals surface area (Å²) in [6.07, 6.45) is 3.47. The summed E-state index contributed by atoms with van der Waals surface area (Å²) in [5, 5.41) is 11.0. The van der Waals surface area contributed by atoms with Gasteiger partial charge in [-0.3, -0.25) is 10.1 Å². The van der Waals surface area contributed by atoms with Crippen LogP contribution in [0.5, 0.6) is 0 Å². The summed E-state index contributed by atoms with van der Waals surface area (Å²) in [6, 6.07) is 3.40. The van der Waals surface area contributed by atoms with Crippen LogP contribution < -0.4 is 4.72 Å². The van der Waals surface area contributed by atoms with Crippen molar-refractivity contribution < 1.29 is 13.3 Å². The molecule has 0 amide bonds. The van der Waals surface area contributed by atoms with Crippen LogP contribution in [0, 0.1) is 10.1 Å². The lowest BCUT2D eigenvalue weighted by atomic mass is 10.3. The number of sulfonamides is 1. The highest BCUT2D eigenvalue weighted by Gasteiger charge is 2.29. The van der Waals surface area contributed by atoms with Crippen LogP contribution in [0.3, 0.4) is 0 Å². The van der Waals surface area contributed by atoms with Crippen LogP contribution in [0.15, 0.2) is 23.1 Å². The van der Waals surface area contributed by atoms with Gasteiger partial charge in [0.05, 0.1) is 4.92 Å². The van der Waals surface area contributed by atoms with Gasteiger partial charge in [0.2, 0.25) is 10.0 Å². The number of benzene rings is 1. The molecular formula is C11H13ClN2O4S. The molecule has 0 radical (unpaired) electrons. The number of halogens is 1. The van der Waals surface area contributed by atoms with E-state index in [0.717, 1.165) is 37.8 Å². The minimum atomic E-state index is -3.89. The average molecular weight is 305 g/mol. The molecule has 104 valence electrons.